The lowest BCUT2D eigenvalue weighted by molar-refractivity contribution is -0.384. The molecule has 0 bridgehead atoms. The van der Waals surface area contributed by atoms with Crippen molar-refractivity contribution in [1.29, 1.82) is 0 Å². The summed E-state index contributed by atoms with van der Waals surface area (Å²) >= 11 is 0. The number of nitro benzene ring substituents is 1. The van der Waals surface area contributed by atoms with Gasteiger partial charge in [0.1, 0.15) is 11.5 Å². The Kier molecular flexibility index (Phi) is 5.41. The number of nitrogens with one attached hydrogen (secondary N) is 2. The van der Waals surface area contributed by atoms with Crippen LogP contribution in [0.3, 0.4) is 0 Å². The molecule has 1 amide bonds. The molecule has 0 atom stereocenters. The third-order valence-corrected chi connectivity index (χ3v) is 3.90. The molecule has 0 radical (unpaired) electrons. The summed E-state index contributed by atoms with van der Waals surface area (Å²) < 4.78 is 13.7. The van der Waals surface area contributed by atoms with Crippen LogP contribution in [0, 0.1) is 15.9 Å². The van der Waals surface area contributed by atoms with Gasteiger partial charge in [-0.1, -0.05) is 42.5 Å². The molecule has 0 fully saturated rings. The monoisotopic (exact) mass is 365 g/mol. The molecule has 0 aliphatic rings. The first-order valence-corrected chi connectivity index (χ1v) is 8.17. The summed E-state index contributed by atoms with van der Waals surface area (Å²) in [4.78, 5) is 23.1. The summed E-state index contributed by atoms with van der Waals surface area (Å²) in [6.07, 6.45) is 0. The molecule has 0 spiro atoms. The van der Waals surface area contributed by atoms with Crippen molar-refractivity contribution in [2.24, 2.45) is 0 Å². The first kappa shape index (κ1) is 18.1. The Labute approximate surface area is 154 Å². The van der Waals surface area contributed by atoms with Crippen molar-refractivity contribution in [2.45, 2.75) is 6.54 Å². The second-order valence-corrected chi connectivity index (χ2v) is 5.76. The molecule has 7 heteroatoms. The first-order chi connectivity index (χ1) is 13.0. The van der Waals surface area contributed by atoms with Gasteiger partial charge in [-0.2, -0.15) is 0 Å². The van der Waals surface area contributed by atoms with E-state index in [2.05, 4.69) is 10.6 Å². The van der Waals surface area contributed by atoms with Gasteiger partial charge in [-0.3, -0.25) is 14.9 Å². The minimum absolute atomic E-state index is 0.0106. The number of hydrogen-bond donors (Lipinski definition) is 2. The Hall–Kier alpha value is -3.74. The first-order valence-electron chi connectivity index (χ1n) is 8.17. The van der Waals surface area contributed by atoms with Crippen LogP contribution >= 0.6 is 0 Å². The maximum Gasteiger partial charge on any atom is 0.293 e. The van der Waals surface area contributed by atoms with Crippen LogP contribution in [0.5, 0.6) is 0 Å². The summed E-state index contributed by atoms with van der Waals surface area (Å²) in [7, 11) is 0. The van der Waals surface area contributed by atoms with Crippen LogP contribution in [0.15, 0.2) is 72.8 Å². The molecular weight excluding hydrogens is 349 g/mol. The standard InChI is InChI=1S/C20H16FN3O3/c21-16-8-4-5-9-17(16)23-20(25)15-10-11-18(19(12-15)24(26)27)22-13-14-6-2-1-3-7-14/h1-12,22H,13H2,(H,23,25). The zero-order valence-electron chi connectivity index (χ0n) is 14.2. The third-order valence-electron chi connectivity index (χ3n) is 3.90. The summed E-state index contributed by atoms with van der Waals surface area (Å²) in [6.45, 7) is 0.405. The SMILES string of the molecule is O=C(Nc1ccccc1F)c1ccc(NCc2ccccc2)c([N+](=O)[O-])c1. The smallest absolute Gasteiger partial charge is 0.293 e. The van der Waals surface area contributed by atoms with E-state index in [4.69, 9.17) is 0 Å². The van der Waals surface area contributed by atoms with Crippen LogP contribution in [-0.4, -0.2) is 10.8 Å². The van der Waals surface area contributed by atoms with Crippen molar-refractivity contribution in [3.8, 4) is 0 Å². The number of para-hydroxylation sites is 1. The fourth-order valence-electron chi connectivity index (χ4n) is 2.52. The quantitative estimate of drug-likeness (QED) is 0.494. The van der Waals surface area contributed by atoms with Gasteiger partial charge in [0, 0.05) is 18.2 Å². The molecule has 0 unspecified atom stereocenters. The zero-order chi connectivity index (χ0) is 19.2. The number of amides is 1. The van der Waals surface area contributed by atoms with E-state index in [1.54, 1.807) is 6.07 Å². The lowest BCUT2D eigenvalue weighted by Crippen LogP contribution is -2.13. The maximum atomic E-state index is 13.7. The van der Waals surface area contributed by atoms with Gasteiger partial charge in [0.05, 0.1) is 10.6 Å². The number of halogens is 1. The number of hydrogen-bond acceptors (Lipinski definition) is 4. The molecule has 0 aliphatic heterocycles. The van der Waals surface area contributed by atoms with Crippen LogP contribution in [0.2, 0.25) is 0 Å². The van der Waals surface area contributed by atoms with E-state index in [0.29, 0.717) is 12.2 Å². The Bertz CT molecular complexity index is 977. The van der Waals surface area contributed by atoms with E-state index >= 15 is 0 Å². The molecular formula is C20H16FN3O3. The van der Waals surface area contributed by atoms with Gasteiger partial charge in [0.2, 0.25) is 0 Å². The Morgan fingerprint density at radius 2 is 1.67 bits per heavy atom. The highest BCUT2D eigenvalue weighted by molar-refractivity contribution is 6.05. The highest BCUT2D eigenvalue weighted by Crippen LogP contribution is 2.27. The van der Waals surface area contributed by atoms with Gasteiger partial charge in [0.25, 0.3) is 11.6 Å². The molecule has 2 N–H and O–H groups in total. The van der Waals surface area contributed by atoms with Crippen molar-refractivity contribution in [3.05, 3.63) is 99.9 Å². The van der Waals surface area contributed by atoms with Crippen molar-refractivity contribution >= 4 is 23.0 Å². The molecule has 3 rings (SSSR count). The minimum atomic E-state index is -0.627. The van der Waals surface area contributed by atoms with Gasteiger partial charge in [0.15, 0.2) is 0 Å². The van der Waals surface area contributed by atoms with Crippen molar-refractivity contribution in [2.75, 3.05) is 10.6 Å². The largest absolute Gasteiger partial charge is 0.375 e. The predicted octanol–water partition coefficient (Wildman–Crippen LogP) is 4.60. The van der Waals surface area contributed by atoms with Gasteiger partial charge < -0.3 is 10.6 Å². The number of carbonyl (C=O) groups excluding carboxylic acids is 1. The van der Waals surface area contributed by atoms with E-state index in [1.165, 1.54) is 36.4 Å². The number of benzene rings is 3. The second-order valence-electron chi connectivity index (χ2n) is 5.76. The summed E-state index contributed by atoms with van der Waals surface area (Å²) in [5, 5.41) is 16.8. The summed E-state index contributed by atoms with van der Waals surface area (Å²) in [5.41, 5.74) is 1.11. The summed E-state index contributed by atoms with van der Waals surface area (Å²) in [6, 6.07) is 19.2. The van der Waals surface area contributed by atoms with E-state index in [9.17, 15) is 19.3 Å². The molecule has 3 aromatic rings. The Morgan fingerprint density at radius 3 is 2.37 bits per heavy atom. The van der Waals surface area contributed by atoms with Crippen LogP contribution < -0.4 is 10.6 Å². The second kappa shape index (κ2) is 8.09. The fourth-order valence-corrected chi connectivity index (χ4v) is 2.52. The Morgan fingerprint density at radius 1 is 0.963 bits per heavy atom. The molecule has 6 nitrogen and oxygen atoms in total. The van der Waals surface area contributed by atoms with Crippen LogP contribution in [-0.2, 0) is 6.54 Å². The average molecular weight is 365 g/mol. The van der Waals surface area contributed by atoms with E-state index in [0.717, 1.165) is 5.56 Å². The van der Waals surface area contributed by atoms with Gasteiger partial charge in [-0.15, -0.1) is 0 Å². The molecule has 0 heterocycles. The van der Waals surface area contributed by atoms with Gasteiger partial charge >= 0.3 is 0 Å². The molecule has 0 aliphatic carbocycles. The molecule has 0 saturated carbocycles. The number of nitro groups is 1. The van der Waals surface area contributed by atoms with Crippen molar-refractivity contribution in [3.63, 3.8) is 0 Å². The number of nitrogens with zero attached hydrogens (tertiary/aromatic N) is 1. The van der Waals surface area contributed by atoms with Crippen LogP contribution in [0.4, 0.5) is 21.5 Å². The molecule has 3 aromatic carbocycles. The van der Waals surface area contributed by atoms with E-state index in [-0.39, 0.29) is 16.9 Å². The topological polar surface area (TPSA) is 84.3 Å². The lowest BCUT2D eigenvalue weighted by Gasteiger charge is -2.10. The Balaban J connectivity index is 1.79. The molecule has 136 valence electrons. The molecule has 0 saturated heterocycles. The third kappa shape index (κ3) is 4.46. The van der Waals surface area contributed by atoms with Crippen molar-refractivity contribution in [1.82, 2.24) is 0 Å². The van der Waals surface area contributed by atoms with Crippen molar-refractivity contribution < 1.29 is 14.1 Å². The molecule has 27 heavy (non-hydrogen) atoms. The zero-order valence-corrected chi connectivity index (χ0v) is 14.2. The van der Waals surface area contributed by atoms with Crippen LogP contribution in [0.1, 0.15) is 15.9 Å². The predicted molar refractivity (Wildman–Crippen MR) is 101 cm³/mol. The fraction of sp³-hybridized carbons (Fsp3) is 0.0500. The molecule has 0 aromatic heterocycles. The minimum Gasteiger partial charge on any atom is -0.375 e. The maximum absolute atomic E-state index is 13.7. The highest BCUT2D eigenvalue weighted by atomic mass is 19.1. The van der Waals surface area contributed by atoms with Gasteiger partial charge in [-0.25, -0.2) is 4.39 Å². The van der Waals surface area contributed by atoms with E-state index < -0.39 is 16.6 Å². The summed E-state index contributed by atoms with van der Waals surface area (Å²) in [5.74, 6) is -1.21. The highest BCUT2D eigenvalue weighted by Gasteiger charge is 2.18. The van der Waals surface area contributed by atoms with Crippen LogP contribution in [0.25, 0.3) is 0 Å². The lowest BCUT2D eigenvalue weighted by atomic mass is 10.1. The number of anilines is 2. The average Bonchev–Trinajstić information content (AvgIpc) is 2.68. The van der Waals surface area contributed by atoms with Gasteiger partial charge in [-0.05, 0) is 29.8 Å². The normalized spacial score (nSPS) is 10.3. The van der Waals surface area contributed by atoms with E-state index in [1.807, 2.05) is 30.3 Å². The number of rotatable bonds is 6. The number of carbonyl (C=O) groups is 1.